The average Bonchev–Trinajstić information content (AvgIpc) is 3.04. The van der Waals surface area contributed by atoms with Gasteiger partial charge < -0.3 is 4.57 Å². The molecule has 0 radical (unpaired) electrons. The first-order valence-corrected chi connectivity index (χ1v) is 7.08. The van der Waals surface area contributed by atoms with Crippen molar-refractivity contribution in [3.63, 3.8) is 0 Å². The van der Waals surface area contributed by atoms with E-state index >= 15 is 0 Å². The zero-order valence-corrected chi connectivity index (χ0v) is 11.7. The van der Waals surface area contributed by atoms with Crippen molar-refractivity contribution in [2.45, 2.75) is 18.9 Å². The average molecular weight is 261 g/mol. The molecule has 0 saturated heterocycles. The van der Waals surface area contributed by atoms with Crippen LogP contribution in [-0.2, 0) is 0 Å². The van der Waals surface area contributed by atoms with Crippen LogP contribution in [0.4, 0.5) is 0 Å². The molecule has 3 rings (SSSR count). The van der Waals surface area contributed by atoms with Gasteiger partial charge in [0.25, 0.3) is 0 Å². The van der Waals surface area contributed by atoms with Crippen molar-refractivity contribution >= 4 is 0 Å². The first-order valence-electron chi connectivity index (χ1n) is 7.08. The summed E-state index contributed by atoms with van der Waals surface area (Å²) in [6.07, 6.45) is 4.28. The maximum atomic E-state index is 2.28. The molecule has 0 aliphatic heterocycles. The fourth-order valence-corrected chi connectivity index (χ4v) is 2.86. The Hall–Kier alpha value is -2.28. The van der Waals surface area contributed by atoms with Gasteiger partial charge in [-0.25, -0.2) is 0 Å². The Labute approximate surface area is 120 Å². The molecule has 0 fully saturated rings. The van der Waals surface area contributed by atoms with Crippen LogP contribution in [0.5, 0.6) is 0 Å². The first kappa shape index (κ1) is 12.7. The summed E-state index contributed by atoms with van der Waals surface area (Å²) in [4.78, 5) is 0. The van der Waals surface area contributed by atoms with Crippen LogP contribution < -0.4 is 0 Å². The molecular weight excluding hydrogens is 242 g/mol. The van der Waals surface area contributed by atoms with E-state index in [4.69, 9.17) is 0 Å². The van der Waals surface area contributed by atoms with Gasteiger partial charge in [0, 0.05) is 24.4 Å². The third-order valence-corrected chi connectivity index (χ3v) is 3.90. The van der Waals surface area contributed by atoms with Crippen molar-refractivity contribution in [2.24, 2.45) is 0 Å². The SMILES string of the molecule is C[C@@H](C(c1ccccc1)c1ccccc1)n1cccc1. The van der Waals surface area contributed by atoms with Gasteiger partial charge >= 0.3 is 0 Å². The van der Waals surface area contributed by atoms with E-state index in [1.54, 1.807) is 0 Å². The quantitative estimate of drug-likeness (QED) is 0.630. The van der Waals surface area contributed by atoms with E-state index in [0.717, 1.165) is 0 Å². The van der Waals surface area contributed by atoms with Crippen LogP contribution in [-0.4, -0.2) is 4.57 Å². The van der Waals surface area contributed by atoms with Crippen LogP contribution in [0, 0.1) is 0 Å². The fourth-order valence-electron chi connectivity index (χ4n) is 2.86. The lowest BCUT2D eigenvalue weighted by atomic mass is 9.86. The van der Waals surface area contributed by atoms with Gasteiger partial charge in [-0.15, -0.1) is 0 Å². The van der Waals surface area contributed by atoms with Crippen LogP contribution in [0.25, 0.3) is 0 Å². The Balaban J connectivity index is 2.05. The van der Waals surface area contributed by atoms with Gasteiger partial charge in [-0.3, -0.25) is 0 Å². The smallest absolute Gasteiger partial charge is 0.0411 e. The molecule has 0 saturated carbocycles. The fraction of sp³-hybridized carbons (Fsp3) is 0.158. The number of benzene rings is 2. The van der Waals surface area contributed by atoms with E-state index in [0.29, 0.717) is 12.0 Å². The molecule has 0 N–H and O–H groups in total. The molecule has 1 nitrogen and oxygen atoms in total. The van der Waals surface area contributed by atoms with Gasteiger partial charge in [-0.1, -0.05) is 60.7 Å². The molecule has 1 aromatic heterocycles. The van der Waals surface area contributed by atoms with Gasteiger partial charge in [-0.05, 0) is 30.2 Å². The van der Waals surface area contributed by atoms with E-state index in [2.05, 4.69) is 96.7 Å². The number of nitrogens with zero attached hydrogens (tertiary/aromatic N) is 1. The minimum Gasteiger partial charge on any atom is -0.351 e. The summed E-state index contributed by atoms with van der Waals surface area (Å²) in [5.41, 5.74) is 2.72. The molecule has 100 valence electrons. The highest BCUT2D eigenvalue weighted by molar-refractivity contribution is 5.33. The topological polar surface area (TPSA) is 4.93 Å². The minimum absolute atomic E-state index is 0.366. The Kier molecular flexibility index (Phi) is 3.69. The van der Waals surface area contributed by atoms with Gasteiger partial charge in [0.05, 0.1) is 0 Å². The van der Waals surface area contributed by atoms with Crippen molar-refractivity contribution in [1.29, 1.82) is 0 Å². The highest BCUT2D eigenvalue weighted by Gasteiger charge is 2.21. The molecule has 2 aromatic carbocycles. The van der Waals surface area contributed by atoms with E-state index in [-0.39, 0.29) is 0 Å². The van der Waals surface area contributed by atoms with E-state index in [1.165, 1.54) is 11.1 Å². The van der Waals surface area contributed by atoms with Crippen molar-refractivity contribution < 1.29 is 0 Å². The Morgan fingerprint density at radius 2 is 1.10 bits per heavy atom. The molecule has 20 heavy (non-hydrogen) atoms. The summed E-state index contributed by atoms with van der Waals surface area (Å²) in [6.45, 7) is 2.28. The van der Waals surface area contributed by atoms with Crippen molar-refractivity contribution in [3.05, 3.63) is 96.3 Å². The maximum Gasteiger partial charge on any atom is 0.0411 e. The molecule has 0 unspecified atom stereocenters. The second-order valence-corrected chi connectivity index (χ2v) is 5.17. The summed E-state index contributed by atoms with van der Waals surface area (Å²) in [6, 6.07) is 26.1. The van der Waals surface area contributed by atoms with Gasteiger partial charge in [0.15, 0.2) is 0 Å². The maximum absolute atomic E-state index is 2.28. The molecule has 0 aliphatic rings. The predicted molar refractivity (Wildman–Crippen MR) is 83.9 cm³/mol. The molecule has 0 spiro atoms. The molecule has 1 heteroatoms. The highest BCUT2D eigenvalue weighted by Crippen LogP contribution is 2.34. The van der Waals surface area contributed by atoms with Crippen LogP contribution in [0.3, 0.4) is 0 Å². The number of rotatable bonds is 4. The molecule has 1 atom stereocenters. The molecule has 0 bridgehead atoms. The van der Waals surface area contributed by atoms with Crippen LogP contribution in [0.1, 0.15) is 30.0 Å². The summed E-state index contributed by atoms with van der Waals surface area (Å²) in [5.74, 6) is 0.366. The number of aromatic nitrogens is 1. The number of hydrogen-bond acceptors (Lipinski definition) is 0. The predicted octanol–water partition coefficient (Wildman–Crippen LogP) is 4.88. The lowest BCUT2D eigenvalue weighted by Crippen LogP contribution is -2.15. The van der Waals surface area contributed by atoms with E-state index < -0.39 is 0 Å². The van der Waals surface area contributed by atoms with Crippen LogP contribution in [0.15, 0.2) is 85.2 Å². The van der Waals surface area contributed by atoms with Crippen LogP contribution in [0.2, 0.25) is 0 Å². The summed E-state index contributed by atoms with van der Waals surface area (Å²) < 4.78 is 2.28. The third-order valence-electron chi connectivity index (χ3n) is 3.90. The van der Waals surface area contributed by atoms with Crippen LogP contribution >= 0.6 is 0 Å². The Bertz CT molecular complexity index is 587. The Morgan fingerprint density at radius 3 is 1.55 bits per heavy atom. The minimum atomic E-state index is 0.366. The Morgan fingerprint density at radius 1 is 0.650 bits per heavy atom. The lowest BCUT2D eigenvalue weighted by Gasteiger charge is -2.26. The van der Waals surface area contributed by atoms with Gasteiger partial charge in [-0.2, -0.15) is 0 Å². The van der Waals surface area contributed by atoms with Crippen molar-refractivity contribution in [1.82, 2.24) is 4.57 Å². The monoisotopic (exact) mass is 261 g/mol. The second kappa shape index (κ2) is 5.79. The van der Waals surface area contributed by atoms with E-state index in [9.17, 15) is 0 Å². The zero-order chi connectivity index (χ0) is 13.8. The zero-order valence-electron chi connectivity index (χ0n) is 11.7. The highest BCUT2D eigenvalue weighted by atomic mass is 15.0. The van der Waals surface area contributed by atoms with Gasteiger partial charge in [0.2, 0.25) is 0 Å². The van der Waals surface area contributed by atoms with E-state index in [1.807, 2.05) is 0 Å². The van der Waals surface area contributed by atoms with Gasteiger partial charge in [0.1, 0.15) is 0 Å². The largest absolute Gasteiger partial charge is 0.351 e. The normalized spacial score (nSPS) is 12.5. The molecule has 0 amide bonds. The molecule has 0 aliphatic carbocycles. The molecule has 1 heterocycles. The second-order valence-electron chi connectivity index (χ2n) is 5.17. The number of hydrogen-bond donors (Lipinski definition) is 0. The van der Waals surface area contributed by atoms with Crippen molar-refractivity contribution in [2.75, 3.05) is 0 Å². The van der Waals surface area contributed by atoms with Crippen molar-refractivity contribution in [3.8, 4) is 0 Å². The molecule has 3 aromatic rings. The summed E-state index contributed by atoms with van der Waals surface area (Å²) in [7, 11) is 0. The standard InChI is InChI=1S/C19H19N/c1-16(20-14-8-9-15-20)19(17-10-4-2-5-11-17)18-12-6-3-7-13-18/h2-16,19H,1H3/t16-/m0/s1. The lowest BCUT2D eigenvalue weighted by molar-refractivity contribution is 0.491. The molecular formula is C19H19N. The third kappa shape index (κ3) is 2.53. The first-order chi connectivity index (χ1) is 9.86. The summed E-state index contributed by atoms with van der Waals surface area (Å²) in [5, 5.41) is 0. The summed E-state index contributed by atoms with van der Waals surface area (Å²) >= 11 is 0.